The summed E-state index contributed by atoms with van der Waals surface area (Å²) in [7, 11) is 0. The molecule has 0 fully saturated rings. The van der Waals surface area contributed by atoms with Crippen molar-refractivity contribution in [2.75, 3.05) is 0 Å². The van der Waals surface area contributed by atoms with Crippen LogP contribution >= 0.6 is 15.9 Å². The van der Waals surface area contributed by atoms with Crippen molar-refractivity contribution in [3.8, 4) is 5.69 Å². The van der Waals surface area contributed by atoms with Crippen LogP contribution in [0, 0.1) is 0 Å². The second kappa shape index (κ2) is 5.42. The third-order valence-corrected chi connectivity index (χ3v) is 2.76. The summed E-state index contributed by atoms with van der Waals surface area (Å²) in [4.78, 5) is 1.64. The van der Waals surface area contributed by atoms with Gasteiger partial charge in [-0.25, -0.2) is 0 Å². The first kappa shape index (κ1) is 12.3. The first-order chi connectivity index (χ1) is 8.15. The van der Waals surface area contributed by atoms with Crippen LogP contribution in [0.2, 0.25) is 0 Å². The fraction of sp³-hybridized carbons (Fsp3) is 0.333. The van der Waals surface area contributed by atoms with E-state index in [1.807, 2.05) is 24.3 Å². The van der Waals surface area contributed by atoms with E-state index in [4.69, 9.17) is 0 Å². The Bertz CT molecular complexity index is 493. The molecule has 1 heterocycles. The molecule has 0 unspecified atom stereocenters. The molecule has 0 bridgehead atoms. The third kappa shape index (κ3) is 3.38. The highest BCUT2D eigenvalue weighted by Gasteiger charge is 2.03. The number of benzene rings is 1. The van der Waals surface area contributed by atoms with Crippen molar-refractivity contribution in [1.82, 2.24) is 20.3 Å². The number of aromatic nitrogens is 3. The van der Waals surface area contributed by atoms with Crippen molar-refractivity contribution >= 4 is 15.9 Å². The summed E-state index contributed by atoms with van der Waals surface area (Å²) in [5.41, 5.74) is 1.90. The standard InChI is InChI=1S/C12H15BrN4/c1-9(2)14-7-11-8-15-17(16-11)12-5-3-4-10(13)6-12/h3-6,8-9,14H,7H2,1-2H3. The van der Waals surface area contributed by atoms with Crippen LogP contribution in [-0.4, -0.2) is 21.0 Å². The SMILES string of the molecule is CC(C)NCc1cnn(-c2cccc(Br)c2)n1. The Labute approximate surface area is 109 Å². The van der Waals surface area contributed by atoms with E-state index in [0.29, 0.717) is 6.04 Å². The molecule has 0 atom stereocenters. The van der Waals surface area contributed by atoms with E-state index in [1.165, 1.54) is 0 Å². The number of halogens is 1. The van der Waals surface area contributed by atoms with Crippen molar-refractivity contribution in [1.29, 1.82) is 0 Å². The Balaban J connectivity index is 2.12. The van der Waals surface area contributed by atoms with Crippen LogP contribution in [0.15, 0.2) is 34.9 Å². The zero-order chi connectivity index (χ0) is 12.3. The van der Waals surface area contributed by atoms with Gasteiger partial charge in [0.05, 0.1) is 17.6 Å². The Morgan fingerprint density at radius 3 is 2.94 bits per heavy atom. The molecule has 0 amide bonds. The predicted octanol–water partition coefficient (Wildman–Crippen LogP) is 2.53. The van der Waals surface area contributed by atoms with E-state index >= 15 is 0 Å². The van der Waals surface area contributed by atoms with Gasteiger partial charge in [0.1, 0.15) is 0 Å². The van der Waals surface area contributed by atoms with E-state index in [9.17, 15) is 0 Å². The molecule has 0 saturated carbocycles. The molecule has 1 aromatic carbocycles. The smallest absolute Gasteiger partial charge is 0.0969 e. The van der Waals surface area contributed by atoms with Gasteiger partial charge >= 0.3 is 0 Å². The molecule has 90 valence electrons. The first-order valence-corrected chi connectivity index (χ1v) is 6.35. The van der Waals surface area contributed by atoms with Gasteiger partial charge in [-0.05, 0) is 18.2 Å². The molecule has 1 N–H and O–H groups in total. The number of hydrogen-bond acceptors (Lipinski definition) is 3. The number of hydrogen-bond donors (Lipinski definition) is 1. The summed E-state index contributed by atoms with van der Waals surface area (Å²) in [6.45, 7) is 4.96. The normalized spacial score (nSPS) is 11.1. The summed E-state index contributed by atoms with van der Waals surface area (Å²) in [6.07, 6.45) is 1.79. The molecule has 0 spiro atoms. The number of nitrogens with zero attached hydrogens (tertiary/aromatic N) is 3. The molecule has 17 heavy (non-hydrogen) atoms. The van der Waals surface area contributed by atoms with E-state index in [-0.39, 0.29) is 0 Å². The molecule has 0 radical (unpaired) electrons. The lowest BCUT2D eigenvalue weighted by Gasteiger charge is -2.04. The minimum absolute atomic E-state index is 0.450. The second-order valence-electron chi connectivity index (χ2n) is 4.14. The van der Waals surface area contributed by atoms with Gasteiger partial charge in [-0.1, -0.05) is 35.8 Å². The number of rotatable bonds is 4. The highest BCUT2D eigenvalue weighted by atomic mass is 79.9. The molecule has 4 nitrogen and oxygen atoms in total. The van der Waals surface area contributed by atoms with Crippen LogP contribution in [0.25, 0.3) is 5.69 Å². The van der Waals surface area contributed by atoms with Crippen LogP contribution in [0.3, 0.4) is 0 Å². The molecule has 2 rings (SSSR count). The van der Waals surface area contributed by atoms with Crippen LogP contribution < -0.4 is 5.32 Å². The average Bonchev–Trinajstić information content (AvgIpc) is 2.75. The fourth-order valence-electron chi connectivity index (χ4n) is 1.41. The van der Waals surface area contributed by atoms with E-state index in [0.717, 1.165) is 22.4 Å². The van der Waals surface area contributed by atoms with E-state index in [2.05, 4.69) is 45.3 Å². The van der Waals surface area contributed by atoms with Crippen LogP contribution in [0.4, 0.5) is 0 Å². The molecular weight excluding hydrogens is 280 g/mol. The van der Waals surface area contributed by atoms with Crippen molar-refractivity contribution in [2.24, 2.45) is 0 Å². The maximum absolute atomic E-state index is 4.42. The van der Waals surface area contributed by atoms with Crippen LogP contribution in [0.5, 0.6) is 0 Å². The predicted molar refractivity (Wildman–Crippen MR) is 71.0 cm³/mol. The van der Waals surface area contributed by atoms with Gasteiger partial charge in [-0.3, -0.25) is 0 Å². The quantitative estimate of drug-likeness (QED) is 0.942. The average molecular weight is 295 g/mol. The molecule has 0 aliphatic carbocycles. The van der Waals surface area contributed by atoms with E-state index in [1.54, 1.807) is 11.0 Å². The maximum Gasteiger partial charge on any atom is 0.0969 e. The van der Waals surface area contributed by atoms with Crippen molar-refractivity contribution in [3.63, 3.8) is 0 Å². The molecule has 0 aliphatic rings. The van der Waals surface area contributed by atoms with E-state index < -0.39 is 0 Å². The van der Waals surface area contributed by atoms with Crippen LogP contribution in [0.1, 0.15) is 19.5 Å². The second-order valence-corrected chi connectivity index (χ2v) is 5.06. The molecule has 0 aliphatic heterocycles. The lowest BCUT2D eigenvalue weighted by molar-refractivity contribution is 0.577. The molecule has 0 saturated heterocycles. The lowest BCUT2D eigenvalue weighted by atomic mass is 10.3. The topological polar surface area (TPSA) is 42.7 Å². The Morgan fingerprint density at radius 2 is 2.24 bits per heavy atom. The summed E-state index contributed by atoms with van der Waals surface area (Å²) in [5, 5.41) is 12.0. The van der Waals surface area contributed by atoms with Gasteiger partial charge in [-0.2, -0.15) is 15.0 Å². The minimum Gasteiger partial charge on any atom is -0.309 e. The Kier molecular flexibility index (Phi) is 3.91. The summed E-state index contributed by atoms with van der Waals surface area (Å²) < 4.78 is 1.02. The fourth-order valence-corrected chi connectivity index (χ4v) is 1.80. The summed E-state index contributed by atoms with van der Waals surface area (Å²) in [6, 6.07) is 8.36. The highest BCUT2D eigenvalue weighted by molar-refractivity contribution is 9.10. The Hall–Kier alpha value is -1.20. The van der Waals surface area contributed by atoms with Gasteiger partial charge in [0.25, 0.3) is 0 Å². The lowest BCUT2D eigenvalue weighted by Crippen LogP contribution is -2.22. The summed E-state index contributed by atoms with van der Waals surface area (Å²) >= 11 is 3.43. The monoisotopic (exact) mass is 294 g/mol. The zero-order valence-corrected chi connectivity index (χ0v) is 11.5. The number of nitrogens with one attached hydrogen (secondary N) is 1. The van der Waals surface area contributed by atoms with Crippen molar-refractivity contribution in [3.05, 3.63) is 40.6 Å². The maximum atomic E-state index is 4.42. The van der Waals surface area contributed by atoms with Gasteiger partial charge < -0.3 is 5.32 Å². The highest BCUT2D eigenvalue weighted by Crippen LogP contribution is 2.13. The third-order valence-electron chi connectivity index (χ3n) is 2.27. The zero-order valence-electron chi connectivity index (χ0n) is 9.89. The van der Waals surface area contributed by atoms with Gasteiger partial charge in [-0.15, -0.1) is 0 Å². The van der Waals surface area contributed by atoms with Gasteiger partial charge in [0.2, 0.25) is 0 Å². The van der Waals surface area contributed by atoms with Crippen LogP contribution in [-0.2, 0) is 6.54 Å². The molecule has 5 heteroatoms. The van der Waals surface area contributed by atoms with Crippen molar-refractivity contribution in [2.45, 2.75) is 26.4 Å². The first-order valence-electron chi connectivity index (χ1n) is 5.55. The largest absolute Gasteiger partial charge is 0.309 e. The van der Waals surface area contributed by atoms with Gasteiger partial charge in [0, 0.05) is 17.1 Å². The molecule has 1 aromatic heterocycles. The molecular formula is C12H15BrN4. The summed E-state index contributed by atoms with van der Waals surface area (Å²) in [5.74, 6) is 0. The Morgan fingerprint density at radius 1 is 1.41 bits per heavy atom. The molecule has 2 aromatic rings. The van der Waals surface area contributed by atoms with Gasteiger partial charge in [0.15, 0.2) is 0 Å². The van der Waals surface area contributed by atoms with Crippen molar-refractivity contribution < 1.29 is 0 Å². The minimum atomic E-state index is 0.450.